The van der Waals surface area contributed by atoms with Gasteiger partial charge in [-0.05, 0) is 31.4 Å². The predicted molar refractivity (Wildman–Crippen MR) is 75.9 cm³/mol. The summed E-state index contributed by atoms with van der Waals surface area (Å²) in [6.45, 7) is 1.94. The number of halogens is 1. The molecule has 0 aliphatic heterocycles. The lowest BCUT2D eigenvalue weighted by atomic mass is 10.1. The van der Waals surface area contributed by atoms with E-state index in [0.29, 0.717) is 5.56 Å². The summed E-state index contributed by atoms with van der Waals surface area (Å²) in [5, 5.41) is 2.86. The first-order valence-corrected chi connectivity index (χ1v) is 6.61. The van der Waals surface area contributed by atoms with Gasteiger partial charge in [-0.3, -0.25) is 4.79 Å². The first kappa shape index (κ1) is 14.2. The molecule has 2 rings (SSSR count). The van der Waals surface area contributed by atoms with Gasteiger partial charge in [-0.1, -0.05) is 30.3 Å². The summed E-state index contributed by atoms with van der Waals surface area (Å²) in [4.78, 5) is 15.3. The molecule has 1 aromatic carbocycles. The Morgan fingerprint density at radius 1 is 1.30 bits per heavy atom. The van der Waals surface area contributed by atoms with Crippen molar-refractivity contribution in [3.8, 4) is 0 Å². The Morgan fingerprint density at radius 3 is 2.75 bits per heavy atom. The first-order valence-electron chi connectivity index (χ1n) is 6.61. The maximum atomic E-state index is 12.9. The Hall–Kier alpha value is -2.23. The fourth-order valence-electron chi connectivity index (χ4n) is 1.95. The Balaban J connectivity index is 1.85. The topological polar surface area (TPSA) is 42.0 Å². The van der Waals surface area contributed by atoms with Crippen LogP contribution in [0.1, 0.15) is 29.3 Å². The zero-order valence-electron chi connectivity index (χ0n) is 11.3. The van der Waals surface area contributed by atoms with E-state index in [4.69, 9.17) is 0 Å². The van der Waals surface area contributed by atoms with E-state index in [2.05, 4.69) is 22.4 Å². The Kier molecular flexibility index (Phi) is 4.82. The van der Waals surface area contributed by atoms with Gasteiger partial charge in [0.25, 0.3) is 5.91 Å². The summed E-state index contributed by atoms with van der Waals surface area (Å²) in [6, 6.07) is 12.8. The number of benzene rings is 1. The normalized spacial score (nSPS) is 11.9. The van der Waals surface area contributed by atoms with Crippen LogP contribution in [0.25, 0.3) is 0 Å². The second-order valence-corrected chi connectivity index (χ2v) is 4.77. The molecule has 1 N–H and O–H groups in total. The fraction of sp³-hybridized carbons (Fsp3) is 0.250. The first-order chi connectivity index (χ1) is 9.65. The number of carbonyl (C=O) groups excluding carboxylic acids is 1. The zero-order valence-corrected chi connectivity index (χ0v) is 11.3. The van der Waals surface area contributed by atoms with Gasteiger partial charge in [-0.2, -0.15) is 4.39 Å². The van der Waals surface area contributed by atoms with Crippen LogP contribution in [0.2, 0.25) is 0 Å². The van der Waals surface area contributed by atoms with E-state index in [0.717, 1.165) is 18.9 Å². The van der Waals surface area contributed by atoms with Crippen molar-refractivity contribution < 1.29 is 9.18 Å². The van der Waals surface area contributed by atoms with Crippen LogP contribution in [0.5, 0.6) is 0 Å². The monoisotopic (exact) mass is 272 g/mol. The van der Waals surface area contributed by atoms with E-state index in [-0.39, 0.29) is 11.9 Å². The van der Waals surface area contributed by atoms with Gasteiger partial charge in [0.2, 0.25) is 5.95 Å². The lowest BCUT2D eigenvalue weighted by molar-refractivity contribution is 0.0938. The summed E-state index contributed by atoms with van der Waals surface area (Å²) in [5.74, 6) is -0.915. The van der Waals surface area contributed by atoms with Crippen LogP contribution in [-0.2, 0) is 6.42 Å². The molecule has 2 aromatic rings. The fourth-order valence-corrected chi connectivity index (χ4v) is 1.95. The number of rotatable bonds is 5. The number of hydrogen-bond acceptors (Lipinski definition) is 2. The largest absolute Gasteiger partial charge is 0.350 e. The summed E-state index contributed by atoms with van der Waals surface area (Å²) in [6.07, 6.45) is 3.02. The van der Waals surface area contributed by atoms with Crippen LogP contribution < -0.4 is 5.32 Å². The van der Waals surface area contributed by atoms with Crippen molar-refractivity contribution in [1.82, 2.24) is 10.3 Å². The second kappa shape index (κ2) is 6.80. The zero-order chi connectivity index (χ0) is 14.4. The Labute approximate surface area is 117 Å². The number of hydrogen-bond donors (Lipinski definition) is 1. The van der Waals surface area contributed by atoms with Gasteiger partial charge in [0.1, 0.15) is 0 Å². The number of pyridine rings is 1. The smallest absolute Gasteiger partial charge is 0.251 e. The molecule has 0 saturated heterocycles. The second-order valence-electron chi connectivity index (χ2n) is 4.77. The van der Waals surface area contributed by atoms with Gasteiger partial charge in [-0.15, -0.1) is 0 Å². The molecule has 1 amide bonds. The minimum Gasteiger partial charge on any atom is -0.350 e. The van der Waals surface area contributed by atoms with E-state index in [1.807, 2.05) is 25.1 Å². The third-order valence-electron chi connectivity index (χ3n) is 3.08. The summed E-state index contributed by atoms with van der Waals surface area (Å²) in [7, 11) is 0. The molecule has 0 aliphatic carbocycles. The van der Waals surface area contributed by atoms with E-state index in [9.17, 15) is 9.18 Å². The molecule has 1 aromatic heterocycles. The molecular formula is C16H17FN2O. The molecule has 0 aliphatic rings. The molecule has 0 bridgehead atoms. The van der Waals surface area contributed by atoms with Gasteiger partial charge in [0, 0.05) is 23.9 Å². The summed E-state index contributed by atoms with van der Waals surface area (Å²) in [5.41, 5.74) is 1.53. The minimum atomic E-state index is -0.644. The quantitative estimate of drug-likeness (QED) is 0.850. The SMILES string of the molecule is CC(CCc1ccccc1)NC(=O)c1ccnc(F)c1. The molecule has 1 heterocycles. The van der Waals surface area contributed by atoms with Gasteiger partial charge in [-0.25, -0.2) is 4.98 Å². The van der Waals surface area contributed by atoms with Crippen LogP contribution in [0.15, 0.2) is 48.7 Å². The molecule has 0 saturated carbocycles. The highest BCUT2D eigenvalue weighted by Gasteiger charge is 2.10. The molecular weight excluding hydrogens is 255 g/mol. The number of aromatic nitrogens is 1. The van der Waals surface area contributed by atoms with Crippen molar-refractivity contribution >= 4 is 5.91 Å². The van der Waals surface area contributed by atoms with Crippen LogP contribution in [0, 0.1) is 5.95 Å². The number of nitrogens with one attached hydrogen (secondary N) is 1. The number of amides is 1. The molecule has 20 heavy (non-hydrogen) atoms. The maximum Gasteiger partial charge on any atom is 0.251 e. The number of aryl methyl sites for hydroxylation is 1. The molecule has 1 unspecified atom stereocenters. The third kappa shape index (κ3) is 4.16. The maximum absolute atomic E-state index is 12.9. The molecule has 1 atom stereocenters. The highest BCUT2D eigenvalue weighted by Crippen LogP contribution is 2.06. The van der Waals surface area contributed by atoms with Gasteiger partial charge in [0.15, 0.2) is 0 Å². The minimum absolute atomic E-state index is 0.0268. The van der Waals surface area contributed by atoms with E-state index < -0.39 is 5.95 Å². The standard InChI is InChI=1S/C16H17FN2O/c1-12(7-8-13-5-3-2-4-6-13)19-16(20)14-9-10-18-15(17)11-14/h2-6,9-12H,7-8H2,1H3,(H,19,20). The van der Waals surface area contributed by atoms with E-state index in [1.165, 1.54) is 17.8 Å². The van der Waals surface area contributed by atoms with Crippen molar-refractivity contribution in [2.75, 3.05) is 0 Å². The number of nitrogens with zero attached hydrogens (tertiary/aromatic N) is 1. The van der Waals surface area contributed by atoms with Crippen LogP contribution in [0.3, 0.4) is 0 Å². The van der Waals surface area contributed by atoms with Crippen LogP contribution in [0.4, 0.5) is 4.39 Å². The molecule has 0 radical (unpaired) electrons. The van der Waals surface area contributed by atoms with Crippen molar-refractivity contribution in [2.45, 2.75) is 25.8 Å². The molecule has 3 nitrogen and oxygen atoms in total. The summed E-state index contributed by atoms with van der Waals surface area (Å²) >= 11 is 0. The van der Waals surface area contributed by atoms with Gasteiger partial charge < -0.3 is 5.32 Å². The highest BCUT2D eigenvalue weighted by molar-refractivity contribution is 5.94. The lowest BCUT2D eigenvalue weighted by Crippen LogP contribution is -2.33. The van der Waals surface area contributed by atoms with Crippen molar-refractivity contribution in [3.63, 3.8) is 0 Å². The Bertz CT molecular complexity index is 572. The highest BCUT2D eigenvalue weighted by atomic mass is 19.1. The third-order valence-corrected chi connectivity index (χ3v) is 3.08. The molecule has 4 heteroatoms. The molecule has 104 valence electrons. The predicted octanol–water partition coefficient (Wildman–Crippen LogP) is 2.97. The van der Waals surface area contributed by atoms with E-state index in [1.54, 1.807) is 0 Å². The Morgan fingerprint density at radius 2 is 2.05 bits per heavy atom. The number of carbonyl (C=O) groups is 1. The molecule has 0 spiro atoms. The van der Waals surface area contributed by atoms with Crippen LogP contribution >= 0.6 is 0 Å². The average Bonchev–Trinajstić information content (AvgIpc) is 2.46. The van der Waals surface area contributed by atoms with E-state index >= 15 is 0 Å². The van der Waals surface area contributed by atoms with Crippen molar-refractivity contribution in [3.05, 3.63) is 65.7 Å². The lowest BCUT2D eigenvalue weighted by Gasteiger charge is -2.13. The van der Waals surface area contributed by atoms with Crippen molar-refractivity contribution in [1.29, 1.82) is 0 Å². The molecule has 0 fully saturated rings. The van der Waals surface area contributed by atoms with Gasteiger partial charge >= 0.3 is 0 Å². The van der Waals surface area contributed by atoms with Gasteiger partial charge in [0.05, 0.1) is 0 Å². The van der Waals surface area contributed by atoms with Crippen LogP contribution in [-0.4, -0.2) is 16.9 Å². The summed E-state index contributed by atoms with van der Waals surface area (Å²) < 4.78 is 12.9. The van der Waals surface area contributed by atoms with Crippen molar-refractivity contribution in [2.24, 2.45) is 0 Å². The average molecular weight is 272 g/mol.